The normalized spacial score (nSPS) is 32.4. The van der Waals surface area contributed by atoms with Crippen LogP contribution in [0.1, 0.15) is 32.1 Å². The third kappa shape index (κ3) is 2.97. The van der Waals surface area contributed by atoms with Crippen molar-refractivity contribution in [2.45, 2.75) is 50.2 Å². The van der Waals surface area contributed by atoms with E-state index in [1.165, 1.54) is 17.7 Å². The number of hydrogen-bond donors (Lipinski definition) is 3. The van der Waals surface area contributed by atoms with Crippen molar-refractivity contribution < 1.29 is 19.6 Å². The number of carbonyl (C=O) groups excluding carboxylic acids is 2. The van der Waals surface area contributed by atoms with E-state index >= 15 is 0 Å². The van der Waals surface area contributed by atoms with Crippen molar-refractivity contribution in [1.29, 1.82) is 0 Å². The van der Waals surface area contributed by atoms with E-state index in [1.54, 1.807) is 0 Å². The highest BCUT2D eigenvalue weighted by molar-refractivity contribution is 5.87. The van der Waals surface area contributed by atoms with Gasteiger partial charge in [-0.2, -0.15) is 0 Å². The molecule has 3 aliphatic rings. The van der Waals surface area contributed by atoms with Gasteiger partial charge < -0.3 is 10.2 Å². The highest BCUT2D eigenvalue weighted by Crippen LogP contribution is 2.28. The van der Waals surface area contributed by atoms with Crippen molar-refractivity contribution in [3.63, 3.8) is 0 Å². The van der Waals surface area contributed by atoms with Crippen molar-refractivity contribution >= 4 is 11.9 Å². The maximum atomic E-state index is 12.1. The first-order valence-electron chi connectivity index (χ1n) is 7.60. The van der Waals surface area contributed by atoms with Crippen molar-refractivity contribution in [2.75, 3.05) is 19.7 Å². The predicted octanol–water partition coefficient (Wildman–Crippen LogP) is -0.166. The maximum Gasteiger partial charge on any atom is 0.344 e. The monoisotopic (exact) mass is 298 g/mol. The standard InChI is InChI=1S/C13H22N4O4/c18-12(15-21-8-9-3-1-2-6-14-9)11-5-4-10-7-16(11)13(19)17(10)20/h9-11,14,20H,1-8H2,(H,15,18)/t9-,10-,11-/m0/s1. The largest absolute Gasteiger partial charge is 0.344 e. The molecule has 3 fully saturated rings. The van der Waals surface area contributed by atoms with E-state index in [2.05, 4.69) is 10.8 Å². The van der Waals surface area contributed by atoms with Crippen molar-refractivity contribution in [3.05, 3.63) is 0 Å². The minimum Gasteiger partial charge on any atom is -0.312 e. The van der Waals surface area contributed by atoms with E-state index in [1.807, 2.05) is 0 Å². The number of hydrogen-bond acceptors (Lipinski definition) is 5. The Bertz CT molecular complexity index is 413. The van der Waals surface area contributed by atoms with Gasteiger partial charge in [-0.3, -0.25) is 14.8 Å². The highest BCUT2D eigenvalue weighted by atomic mass is 16.7. The van der Waals surface area contributed by atoms with Crippen LogP contribution in [-0.4, -0.2) is 64.9 Å². The molecule has 0 radical (unpaired) electrons. The molecular formula is C13H22N4O4. The fourth-order valence-electron chi connectivity index (χ4n) is 3.27. The van der Waals surface area contributed by atoms with Gasteiger partial charge in [-0.25, -0.2) is 15.3 Å². The van der Waals surface area contributed by atoms with Gasteiger partial charge in [0, 0.05) is 12.6 Å². The summed E-state index contributed by atoms with van der Waals surface area (Å²) >= 11 is 0. The van der Waals surface area contributed by atoms with E-state index in [0.717, 1.165) is 18.0 Å². The molecule has 3 saturated heterocycles. The molecule has 3 amide bonds. The summed E-state index contributed by atoms with van der Waals surface area (Å²) in [4.78, 5) is 30.6. The zero-order valence-electron chi connectivity index (χ0n) is 12.0. The molecule has 0 aromatic carbocycles. The lowest BCUT2D eigenvalue weighted by molar-refractivity contribution is -0.139. The van der Waals surface area contributed by atoms with Crippen LogP contribution in [0.15, 0.2) is 0 Å². The van der Waals surface area contributed by atoms with Gasteiger partial charge >= 0.3 is 6.03 Å². The maximum absolute atomic E-state index is 12.1. The van der Waals surface area contributed by atoms with Crippen LogP contribution in [0.4, 0.5) is 4.79 Å². The summed E-state index contributed by atoms with van der Waals surface area (Å²) in [6, 6.07) is -0.957. The Hall–Kier alpha value is -1.38. The number of piperidine rings is 2. The first kappa shape index (κ1) is 14.6. The van der Waals surface area contributed by atoms with Crippen molar-refractivity contribution in [3.8, 4) is 0 Å². The zero-order chi connectivity index (χ0) is 14.8. The quantitative estimate of drug-likeness (QED) is 0.495. The summed E-state index contributed by atoms with van der Waals surface area (Å²) in [5.41, 5.74) is 2.44. The molecule has 0 aromatic rings. The number of carbonyl (C=O) groups is 2. The number of nitrogens with one attached hydrogen (secondary N) is 2. The number of nitrogens with zero attached hydrogens (tertiary/aromatic N) is 2. The van der Waals surface area contributed by atoms with Crippen LogP contribution in [0.5, 0.6) is 0 Å². The van der Waals surface area contributed by atoms with Gasteiger partial charge in [0.1, 0.15) is 6.04 Å². The molecule has 0 spiro atoms. The predicted molar refractivity (Wildman–Crippen MR) is 72.3 cm³/mol. The van der Waals surface area contributed by atoms with Crippen molar-refractivity contribution in [1.82, 2.24) is 20.8 Å². The van der Waals surface area contributed by atoms with Crippen LogP contribution in [0.3, 0.4) is 0 Å². The number of fused-ring (bicyclic) bond motifs is 2. The second kappa shape index (κ2) is 6.17. The Kier molecular flexibility index (Phi) is 4.27. The first-order valence-corrected chi connectivity index (χ1v) is 7.60. The molecule has 8 heteroatoms. The number of amides is 3. The van der Waals surface area contributed by atoms with Crippen LogP contribution in [0.25, 0.3) is 0 Å². The van der Waals surface area contributed by atoms with Gasteiger partial charge in [-0.1, -0.05) is 6.42 Å². The Morgan fingerprint density at radius 3 is 3.00 bits per heavy atom. The molecule has 2 bridgehead atoms. The van der Waals surface area contributed by atoms with E-state index in [-0.39, 0.29) is 18.0 Å². The van der Waals surface area contributed by atoms with Crippen LogP contribution >= 0.6 is 0 Å². The van der Waals surface area contributed by atoms with E-state index in [0.29, 0.717) is 26.0 Å². The minimum absolute atomic E-state index is 0.186. The molecule has 0 aliphatic carbocycles. The molecule has 3 aliphatic heterocycles. The van der Waals surface area contributed by atoms with E-state index in [9.17, 15) is 14.8 Å². The van der Waals surface area contributed by atoms with Gasteiger partial charge in [-0.05, 0) is 32.2 Å². The zero-order valence-corrected chi connectivity index (χ0v) is 12.0. The van der Waals surface area contributed by atoms with E-state index < -0.39 is 12.1 Å². The van der Waals surface area contributed by atoms with Crippen LogP contribution in [0, 0.1) is 0 Å². The fourth-order valence-corrected chi connectivity index (χ4v) is 3.27. The molecule has 0 aromatic heterocycles. The van der Waals surface area contributed by atoms with Crippen LogP contribution in [0.2, 0.25) is 0 Å². The lowest BCUT2D eigenvalue weighted by atomic mass is 10.0. The van der Waals surface area contributed by atoms with Gasteiger partial charge in [0.05, 0.1) is 12.6 Å². The molecule has 8 nitrogen and oxygen atoms in total. The first-order chi connectivity index (χ1) is 10.2. The average Bonchev–Trinajstić information content (AvgIpc) is 2.73. The minimum atomic E-state index is -0.551. The van der Waals surface area contributed by atoms with Crippen molar-refractivity contribution in [2.24, 2.45) is 0 Å². The average molecular weight is 298 g/mol. The molecule has 0 unspecified atom stereocenters. The smallest absolute Gasteiger partial charge is 0.312 e. The lowest BCUT2D eigenvalue weighted by Crippen LogP contribution is -2.50. The highest BCUT2D eigenvalue weighted by Gasteiger charge is 2.46. The van der Waals surface area contributed by atoms with Gasteiger partial charge in [-0.15, -0.1) is 0 Å². The topological polar surface area (TPSA) is 94.1 Å². The molecule has 3 rings (SSSR count). The summed E-state index contributed by atoms with van der Waals surface area (Å²) in [5, 5.41) is 13.7. The number of rotatable bonds is 4. The Balaban J connectivity index is 1.46. The molecule has 3 heterocycles. The third-order valence-electron chi connectivity index (χ3n) is 4.52. The third-order valence-corrected chi connectivity index (χ3v) is 4.52. The molecular weight excluding hydrogens is 276 g/mol. The Morgan fingerprint density at radius 2 is 2.24 bits per heavy atom. The summed E-state index contributed by atoms with van der Waals surface area (Å²) in [5.74, 6) is -0.312. The van der Waals surface area contributed by atoms with Crippen LogP contribution < -0.4 is 10.8 Å². The summed E-state index contributed by atoms with van der Waals surface area (Å²) in [6.45, 7) is 1.82. The van der Waals surface area contributed by atoms with Crippen LogP contribution in [-0.2, 0) is 9.63 Å². The second-order valence-electron chi connectivity index (χ2n) is 5.95. The molecule has 3 N–H and O–H groups in total. The summed E-state index contributed by atoms with van der Waals surface area (Å²) in [7, 11) is 0. The molecule has 21 heavy (non-hydrogen) atoms. The van der Waals surface area contributed by atoms with Gasteiger partial charge in [0.15, 0.2) is 0 Å². The number of urea groups is 1. The van der Waals surface area contributed by atoms with Gasteiger partial charge in [0.2, 0.25) is 0 Å². The molecule has 118 valence electrons. The summed E-state index contributed by atoms with van der Waals surface area (Å²) < 4.78 is 0. The fraction of sp³-hybridized carbons (Fsp3) is 0.846. The molecule has 0 saturated carbocycles. The SMILES string of the molecule is O=C(NOC[C@@H]1CCCCN1)[C@@H]1CC[C@H]2CN1C(=O)N2O. The molecule has 3 atom stereocenters. The Labute approximate surface area is 123 Å². The number of hydroxylamine groups is 3. The summed E-state index contributed by atoms with van der Waals surface area (Å²) in [6.07, 6.45) is 4.57. The second-order valence-corrected chi connectivity index (χ2v) is 5.95. The van der Waals surface area contributed by atoms with E-state index in [4.69, 9.17) is 4.84 Å². The lowest BCUT2D eigenvalue weighted by Gasteiger charge is -2.29. The Morgan fingerprint density at radius 1 is 1.38 bits per heavy atom. The van der Waals surface area contributed by atoms with Gasteiger partial charge in [0.25, 0.3) is 5.91 Å².